The Morgan fingerprint density at radius 3 is 2.56 bits per heavy atom. The van der Waals surface area contributed by atoms with Crippen LogP contribution in [0, 0.1) is 34.0 Å². The Morgan fingerprint density at radius 2 is 1.92 bits per heavy atom. The number of alkyl halides is 1. The van der Waals surface area contributed by atoms with Gasteiger partial charge in [0.2, 0.25) is 0 Å². The summed E-state index contributed by atoms with van der Waals surface area (Å²) < 4.78 is 23.2. The van der Waals surface area contributed by atoms with E-state index >= 15 is 0 Å². The molecule has 7 atom stereocenters. The van der Waals surface area contributed by atoms with Gasteiger partial charge < -0.3 is 18.6 Å². The molecule has 4 rings (SSSR count). The number of ether oxygens (including phenoxy) is 3. The van der Waals surface area contributed by atoms with Gasteiger partial charge in [0.15, 0.2) is 0 Å². The lowest BCUT2D eigenvalue weighted by Crippen LogP contribution is -2.66. The second-order valence-corrected chi connectivity index (χ2v) is 12.7. The van der Waals surface area contributed by atoms with Crippen LogP contribution in [-0.4, -0.2) is 43.0 Å². The highest BCUT2D eigenvalue weighted by molar-refractivity contribution is 14.1. The van der Waals surface area contributed by atoms with Gasteiger partial charge in [-0.15, -0.1) is 0 Å². The molecule has 2 aliphatic carbocycles. The Morgan fingerprint density at radius 1 is 1.14 bits per heavy atom. The first-order valence-electron chi connectivity index (χ1n) is 13.1. The average Bonchev–Trinajstić information content (AvgIpc) is 3.38. The zero-order chi connectivity index (χ0) is 26.1. The molecule has 0 spiro atoms. The second kappa shape index (κ2) is 10.8. The number of cyclic esters (lactones) is 1. The van der Waals surface area contributed by atoms with Gasteiger partial charge in [0, 0.05) is 18.6 Å². The van der Waals surface area contributed by atoms with Gasteiger partial charge in [0.25, 0.3) is 0 Å². The number of ketones is 1. The number of unbranched alkanes of at least 4 members (excludes halogenated alkanes) is 2. The number of carbonyl (C=O) groups is 3. The molecule has 0 N–H and O–H groups in total. The number of furan rings is 1. The number of halogens is 1. The first-order chi connectivity index (χ1) is 17.2. The minimum absolute atomic E-state index is 0.148. The molecular weight excluding hydrogens is 575 g/mol. The fourth-order valence-electron chi connectivity index (χ4n) is 7.78. The summed E-state index contributed by atoms with van der Waals surface area (Å²) >= 11 is 2.38. The van der Waals surface area contributed by atoms with Gasteiger partial charge in [-0.1, -0.05) is 49.3 Å². The molecule has 2 saturated carbocycles. The van der Waals surface area contributed by atoms with Crippen molar-refractivity contribution in [2.45, 2.75) is 71.3 Å². The number of esters is 2. The molecule has 1 aromatic rings. The number of carbonyl (C=O) groups excluding carboxylic acids is 3. The Hall–Kier alpha value is -1.42. The maximum absolute atomic E-state index is 14.8. The summed E-state index contributed by atoms with van der Waals surface area (Å²) in [5, 5.41) is 0. The van der Waals surface area contributed by atoms with Crippen molar-refractivity contribution < 1.29 is 33.0 Å². The Labute approximate surface area is 227 Å². The third-order valence-corrected chi connectivity index (χ3v) is 10.3. The SMILES string of the molecule is COC[C@@]1(CCCCCI)C[C@@H](C(=O)OC)[C@]2(C)CC[C@H]3C(=O)O[C@H](c4ccoc4)C[C@]3(C)[C@H]2C1=O. The highest BCUT2D eigenvalue weighted by Gasteiger charge is 2.69. The smallest absolute Gasteiger partial charge is 0.310 e. The minimum atomic E-state index is -0.777. The third-order valence-electron chi connectivity index (χ3n) is 9.54. The molecule has 1 saturated heterocycles. The average molecular weight is 615 g/mol. The van der Waals surface area contributed by atoms with Gasteiger partial charge in [0.05, 0.1) is 43.5 Å². The number of fused-ring (bicyclic) bond motifs is 3. The Kier molecular flexibility index (Phi) is 8.25. The molecule has 1 aromatic heterocycles. The maximum atomic E-state index is 14.8. The first kappa shape index (κ1) is 27.6. The lowest BCUT2D eigenvalue weighted by Gasteiger charge is -2.63. The van der Waals surface area contributed by atoms with E-state index in [0.29, 0.717) is 32.1 Å². The van der Waals surface area contributed by atoms with E-state index in [1.54, 1.807) is 19.6 Å². The van der Waals surface area contributed by atoms with Gasteiger partial charge in [-0.25, -0.2) is 0 Å². The van der Waals surface area contributed by atoms with E-state index in [2.05, 4.69) is 36.4 Å². The van der Waals surface area contributed by atoms with E-state index in [1.807, 2.05) is 6.07 Å². The summed E-state index contributed by atoms with van der Waals surface area (Å²) in [5.41, 5.74) is -1.24. The van der Waals surface area contributed by atoms with E-state index in [-0.39, 0.29) is 24.3 Å². The van der Waals surface area contributed by atoms with E-state index < -0.39 is 40.1 Å². The lowest BCUT2D eigenvalue weighted by molar-refractivity contribution is -0.212. The Balaban J connectivity index is 1.80. The zero-order valence-corrected chi connectivity index (χ0v) is 24.0. The molecule has 2 heterocycles. The van der Waals surface area contributed by atoms with E-state index in [0.717, 1.165) is 29.3 Å². The standard InChI is InChI=1S/C28H39IO7/c1-26-11-8-19-25(32)36-21(18-9-13-35-16-18)15-27(19,2)22(26)23(30)28(17-33-3,10-6-5-7-12-29)14-20(26)24(31)34-4/h9,13,16,19-22H,5-8,10-12,14-15,17H2,1-4H3/t19-,20-,21-,22-,26-,27-,28+/m0/s1. The van der Waals surface area contributed by atoms with Crippen LogP contribution in [0.3, 0.4) is 0 Å². The molecular formula is C28H39IO7. The molecule has 0 bridgehead atoms. The molecule has 36 heavy (non-hydrogen) atoms. The van der Waals surface area contributed by atoms with E-state index in [1.165, 1.54) is 7.11 Å². The van der Waals surface area contributed by atoms with Gasteiger partial charge in [-0.2, -0.15) is 0 Å². The topological polar surface area (TPSA) is 92.0 Å². The highest BCUT2D eigenvalue weighted by Crippen LogP contribution is 2.67. The number of hydrogen-bond acceptors (Lipinski definition) is 7. The predicted molar refractivity (Wildman–Crippen MR) is 141 cm³/mol. The fraction of sp³-hybridized carbons (Fsp3) is 0.750. The largest absolute Gasteiger partial charge is 0.472 e. The number of rotatable bonds is 9. The van der Waals surface area contributed by atoms with Crippen molar-refractivity contribution in [3.63, 3.8) is 0 Å². The maximum Gasteiger partial charge on any atom is 0.310 e. The fourth-order valence-corrected chi connectivity index (χ4v) is 8.32. The molecule has 7 nitrogen and oxygen atoms in total. The number of hydrogen-bond donors (Lipinski definition) is 0. The highest BCUT2D eigenvalue weighted by atomic mass is 127. The van der Waals surface area contributed by atoms with Crippen molar-refractivity contribution in [2.75, 3.05) is 25.3 Å². The normalized spacial score (nSPS) is 38.1. The molecule has 0 aromatic carbocycles. The van der Waals surface area contributed by atoms with Crippen LogP contribution in [0.4, 0.5) is 0 Å². The molecule has 8 heteroatoms. The molecule has 0 amide bonds. The van der Waals surface area contributed by atoms with Crippen molar-refractivity contribution in [2.24, 2.45) is 34.0 Å². The quantitative estimate of drug-likeness (QED) is 0.153. The van der Waals surface area contributed by atoms with Crippen LogP contribution in [0.15, 0.2) is 23.0 Å². The van der Waals surface area contributed by atoms with E-state index in [4.69, 9.17) is 18.6 Å². The van der Waals surface area contributed by atoms with Gasteiger partial charge in [-0.3, -0.25) is 14.4 Å². The molecule has 1 aliphatic heterocycles. The molecule has 0 unspecified atom stereocenters. The van der Waals surface area contributed by atoms with Gasteiger partial charge >= 0.3 is 11.9 Å². The summed E-state index contributed by atoms with van der Waals surface area (Å²) in [6, 6.07) is 1.81. The molecule has 3 aliphatic rings. The van der Waals surface area contributed by atoms with Crippen LogP contribution in [0.25, 0.3) is 0 Å². The summed E-state index contributed by atoms with van der Waals surface area (Å²) in [5.74, 6) is -1.69. The van der Waals surface area contributed by atoms with Crippen LogP contribution >= 0.6 is 22.6 Å². The lowest BCUT2D eigenvalue weighted by atomic mass is 9.40. The third kappa shape index (κ3) is 4.54. The summed E-state index contributed by atoms with van der Waals surface area (Å²) in [4.78, 5) is 41.4. The van der Waals surface area contributed by atoms with Gasteiger partial charge in [0.1, 0.15) is 11.9 Å². The van der Waals surface area contributed by atoms with Crippen LogP contribution in [0.2, 0.25) is 0 Å². The predicted octanol–water partition coefficient (Wildman–Crippen LogP) is 5.70. The first-order valence-corrected chi connectivity index (χ1v) is 14.6. The van der Waals surface area contributed by atoms with Crippen molar-refractivity contribution >= 4 is 40.3 Å². The Bertz CT molecular complexity index is 961. The van der Waals surface area contributed by atoms with Crippen LogP contribution < -0.4 is 0 Å². The van der Waals surface area contributed by atoms with Crippen molar-refractivity contribution in [3.8, 4) is 0 Å². The summed E-state index contributed by atoms with van der Waals surface area (Å²) in [6.45, 7) is 4.41. The van der Waals surface area contributed by atoms with Crippen LogP contribution in [0.5, 0.6) is 0 Å². The number of Topliss-reactive ketones (excluding diaryl/α,β-unsaturated/α-hetero) is 1. The molecule has 3 fully saturated rings. The number of methoxy groups -OCH3 is 2. The summed E-state index contributed by atoms with van der Waals surface area (Å²) in [7, 11) is 3.05. The summed E-state index contributed by atoms with van der Waals surface area (Å²) in [6.07, 6.45) is 8.53. The molecule has 0 radical (unpaired) electrons. The second-order valence-electron chi connectivity index (χ2n) is 11.6. The van der Waals surface area contributed by atoms with Crippen molar-refractivity contribution in [3.05, 3.63) is 24.2 Å². The monoisotopic (exact) mass is 614 g/mol. The van der Waals surface area contributed by atoms with Crippen molar-refractivity contribution in [1.82, 2.24) is 0 Å². The molecule has 200 valence electrons. The minimum Gasteiger partial charge on any atom is -0.472 e. The van der Waals surface area contributed by atoms with Crippen molar-refractivity contribution in [1.29, 1.82) is 0 Å². The van der Waals surface area contributed by atoms with Gasteiger partial charge in [-0.05, 0) is 59.8 Å². The van der Waals surface area contributed by atoms with E-state index in [9.17, 15) is 14.4 Å². The van der Waals surface area contributed by atoms with Crippen LogP contribution in [-0.2, 0) is 28.6 Å². The van der Waals surface area contributed by atoms with Crippen LogP contribution in [0.1, 0.15) is 76.9 Å². The zero-order valence-electron chi connectivity index (χ0n) is 21.8.